The Hall–Kier alpha value is -1.36. The predicted octanol–water partition coefficient (Wildman–Crippen LogP) is 1.62. The summed E-state index contributed by atoms with van der Waals surface area (Å²) in [6.07, 6.45) is 3.66. The number of hydrogen-bond acceptors (Lipinski definition) is 4. The molecule has 0 aromatic carbocycles. The Morgan fingerprint density at radius 2 is 2.28 bits per heavy atom. The van der Waals surface area contributed by atoms with Gasteiger partial charge in [0.2, 0.25) is 11.8 Å². The van der Waals surface area contributed by atoms with Gasteiger partial charge < -0.3 is 9.84 Å². The maximum Gasteiger partial charge on any atom is 0.244 e. The number of anilines is 1. The molecule has 5 heteroatoms. The molecule has 0 spiro atoms. The summed E-state index contributed by atoms with van der Waals surface area (Å²) in [6.45, 7) is 4.74. The van der Waals surface area contributed by atoms with E-state index in [2.05, 4.69) is 15.8 Å². The van der Waals surface area contributed by atoms with Crippen molar-refractivity contribution in [2.45, 2.75) is 39.2 Å². The van der Waals surface area contributed by atoms with Crippen LogP contribution in [0.5, 0.6) is 0 Å². The van der Waals surface area contributed by atoms with Crippen molar-refractivity contribution in [2.75, 3.05) is 11.9 Å². The third-order valence-corrected chi connectivity index (χ3v) is 4.42. The molecule has 3 rings (SSSR count). The standard InChI is InChI=1S/C13H19N3O2/c1-7-8(2)16-18-13(7)15-12(17)11-10-5-3-4-9(10)6-14-11/h9-11,14H,3-6H2,1-2H3,(H,15,17). The van der Waals surface area contributed by atoms with Gasteiger partial charge in [0.05, 0.1) is 11.7 Å². The highest BCUT2D eigenvalue weighted by atomic mass is 16.5. The van der Waals surface area contributed by atoms with E-state index in [9.17, 15) is 4.79 Å². The number of hydrogen-bond donors (Lipinski definition) is 2. The third-order valence-electron chi connectivity index (χ3n) is 4.42. The van der Waals surface area contributed by atoms with E-state index in [0.29, 0.717) is 17.7 Å². The first-order valence-electron chi connectivity index (χ1n) is 6.64. The molecule has 1 amide bonds. The lowest BCUT2D eigenvalue weighted by Gasteiger charge is -2.16. The molecule has 1 aliphatic heterocycles. The van der Waals surface area contributed by atoms with Gasteiger partial charge in [-0.1, -0.05) is 11.6 Å². The molecule has 2 heterocycles. The Balaban J connectivity index is 1.70. The molecule has 0 radical (unpaired) electrons. The molecule has 1 saturated carbocycles. The average molecular weight is 249 g/mol. The van der Waals surface area contributed by atoms with Crippen molar-refractivity contribution >= 4 is 11.8 Å². The second-order valence-corrected chi connectivity index (χ2v) is 5.45. The maximum absolute atomic E-state index is 12.3. The van der Waals surface area contributed by atoms with Crippen LogP contribution in [0.1, 0.15) is 30.5 Å². The normalized spacial score (nSPS) is 30.4. The van der Waals surface area contributed by atoms with Crippen LogP contribution in [0.3, 0.4) is 0 Å². The molecule has 3 unspecified atom stereocenters. The molecular weight excluding hydrogens is 230 g/mol. The highest BCUT2D eigenvalue weighted by molar-refractivity contribution is 5.94. The zero-order valence-electron chi connectivity index (χ0n) is 10.8. The summed E-state index contributed by atoms with van der Waals surface area (Å²) < 4.78 is 5.13. The number of nitrogens with zero attached hydrogens (tertiary/aromatic N) is 1. The van der Waals surface area contributed by atoms with Crippen LogP contribution in [0.15, 0.2) is 4.52 Å². The molecule has 1 aromatic rings. The summed E-state index contributed by atoms with van der Waals surface area (Å²) in [5, 5.41) is 10.0. The quantitative estimate of drug-likeness (QED) is 0.835. The van der Waals surface area contributed by atoms with Crippen molar-refractivity contribution in [2.24, 2.45) is 11.8 Å². The van der Waals surface area contributed by atoms with Crippen LogP contribution in [0.25, 0.3) is 0 Å². The molecule has 1 aliphatic carbocycles. The smallest absolute Gasteiger partial charge is 0.244 e. The van der Waals surface area contributed by atoms with E-state index < -0.39 is 0 Å². The van der Waals surface area contributed by atoms with Crippen molar-refractivity contribution in [1.29, 1.82) is 0 Å². The van der Waals surface area contributed by atoms with Gasteiger partial charge in [0, 0.05) is 5.56 Å². The van der Waals surface area contributed by atoms with Gasteiger partial charge in [-0.2, -0.15) is 0 Å². The first-order chi connectivity index (χ1) is 8.66. The van der Waals surface area contributed by atoms with Gasteiger partial charge in [0.15, 0.2) is 0 Å². The summed E-state index contributed by atoms with van der Waals surface area (Å²) in [5.41, 5.74) is 1.73. The van der Waals surface area contributed by atoms with Crippen molar-refractivity contribution < 1.29 is 9.32 Å². The van der Waals surface area contributed by atoms with Crippen LogP contribution in [0, 0.1) is 25.7 Å². The van der Waals surface area contributed by atoms with Crippen molar-refractivity contribution in [3.8, 4) is 0 Å². The molecule has 0 bridgehead atoms. The minimum absolute atomic E-state index is 0.0173. The zero-order chi connectivity index (χ0) is 12.7. The Kier molecular flexibility index (Phi) is 2.86. The Bertz CT molecular complexity index is 469. The van der Waals surface area contributed by atoms with E-state index in [0.717, 1.165) is 24.2 Å². The van der Waals surface area contributed by atoms with Gasteiger partial charge in [-0.05, 0) is 45.1 Å². The third kappa shape index (κ3) is 1.82. The molecule has 1 aromatic heterocycles. The number of aromatic nitrogens is 1. The van der Waals surface area contributed by atoms with Gasteiger partial charge in [-0.3, -0.25) is 10.1 Å². The summed E-state index contributed by atoms with van der Waals surface area (Å²) in [4.78, 5) is 12.3. The highest BCUT2D eigenvalue weighted by Crippen LogP contribution is 2.38. The van der Waals surface area contributed by atoms with Crippen molar-refractivity contribution in [3.63, 3.8) is 0 Å². The number of carbonyl (C=O) groups excluding carboxylic acids is 1. The van der Waals surface area contributed by atoms with Crippen LogP contribution in [0.4, 0.5) is 5.88 Å². The number of aryl methyl sites for hydroxylation is 1. The summed E-state index contributed by atoms with van der Waals surface area (Å²) >= 11 is 0. The topological polar surface area (TPSA) is 67.2 Å². The Labute approximate surface area is 106 Å². The lowest BCUT2D eigenvalue weighted by molar-refractivity contribution is -0.118. The first-order valence-corrected chi connectivity index (χ1v) is 6.64. The SMILES string of the molecule is Cc1noc(NC(=O)C2NCC3CCCC32)c1C. The van der Waals surface area contributed by atoms with Crippen molar-refractivity contribution in [1.82, 2.24) is 10.5 Å². The number of nitrogens with one attached hydrogen (secondary N) is 2. The minimum atomic E-state index is -0.0673. The molecule has 18 heavy (non-hydrogen) atoms. The fraction of sp³-hybridized carbons (Fsp3) is 0.692. The molecule has 2 N–H and O–H groups in total. The Morgan fingerprint density at radius 1 is 1.44 bits per heavy atom. The predicted molar refractivity (Wildman–Crippen MR) is 67.2 cm³/mol. The summed E-state index contributed by atoms with van der Waals surface area (Å²) in [5.74, 6) is 1.68. The monoisotopic (exact) mass is 249 g/mol. The number of rotatable bonds is 2. The van der Waals surface area contributed by atoms with E-state index in [4.69, 9.17) is 4.52 Å². The molecule has 98 valence electrons. The molecular formula is C13H19N3O2. The molecule has 3 atom stereocenters. The van der Waals surface area contributed by atoms with Crippen LogP contribution < -0.4 is 10.6 Å². The lowest BCUT2D eigenvalue weighted by atomic mass is 9.93. The fourth-order valence-electron chi connectivity index (χ4n) is 3.20. The van der Waals surface area contributed by atoms with Gasteiger partial charge in [-0.15, -0.1) is 0 Å². The van der Waals surface area contributed by atoms with Gasteiger partial charge in [0.25, 0.3) is 0 Å². The van der Waals surface area contributed by atoms with Crippen LogP contribution in [0.2, 0.25) is 0 Å². The summed E-state index contributed by atoms with van der Waals surface area (Å²) in [6, 6.07) is -0.0673. The Morgan fingerprint density at radius 3 is 3.00 bits per heavy atom. The average Bonchev–Trinajstić information content (AvgIpc) is 3.00. The second-order valence-electron chi connectivity index (χ2n) is 5.45. The molecule has 2 fully saturated rings. The van der Waals surface area contributed by atoms with E-state index in [-0.39, 0.29) is 11.9 Å². The molecule has 1 saturated heterocycles. The van der Waals surface area contributed by atoms with Gasteiger partial charge in [-0.25, -0.2) is 0 Å². The van der Waals surface area contributed by atoms with Crippen LogP contribution in [-0.2, 0) is 4.79 Å². The van der Waals surface area contributed by atoms with E-state index in [1.54, 1.807) is 0 Å². The largest absolute Gasteiger partial charge is 0.338 e. The molecule has 2 aliphatic rings. The van der Waals surface area contributed by atoms with Crippen LogP contribution >= 0.6 is 0 Å². The van der Waals surface area contributed by atoms with Crippen molar-refractivity contribution in [3.05, 3.63) is 11.3 Å². The van der Waals surface area contributed by atoms with Crippen LogP contribution in [-0.4, -0.2) is 23.7 Å². The van der Waals surface area contributed by atoms with E-state index >= 15 is 0 Å². The second kappa shape index (κ2) is 4.39. The summed E-state index contributed by atoms with van der Waals surface area (Å²) in [7, 11) is 0. The highest BCUT2D eigenvalue weighted by Gasteiger charge is 2.42. The van der Waals surface area contributed by atoms with E-state index in [1.165, 1.54) is 12.8 Å². The zero-order valence-corrected chi connectivity index (χ0v) is 10.8. The number of amides is 1. The molecule has 5 nitrogen and oxygen atoms in total. The lowest BCUT2D eigenvalue weighted by Crippen LogP contribution is -2.39. The number of fused-ring (bicyclic) bond motifs is 1. The number of carbonyl (C=O) groups is 1. The maximum atomic E-state index is 12.3. The minimum Gasteiger partial charge on any atom is -0.338 e. The fourth-order valence-corrected chi connectivity index (χ4v) is 3.20. The first kappa shape index (κ1) is 11.7. The van der Waals surface area contributed by atoms with Gasteiger partial charge in [0.1, 0.15) is 0 Å². The van der Waals surface area contributed by atoms with E-state index in [1.807, 2.05) is 13.8 Å². The van der Waals surface area contributed by atoms with Gasteiger partial charge >= 0.3 is 0 Å².